The zero-order valence-corrected chi connectivity index (χ0v) is 9.84. The molecule has 0 spiro atoms. The van der Waals surface area contributed by atoms with Crippen LogP contribution in [0.4, 0.5) is 0 Å². The summed E-state index contributed by atoms with van der Waals surface area (Å²) in [5, 5.41) is 2.71. The molecule has 2 nitrogen and oxygen atoms in total. The molecular weight excluding hydrogens is 174 g/mol. The molecule has 1 rings (SSSR count). The molecule has 1 N–H and O–H groups in total. The van der Waals surface area contributed by atoms with Gasteiger partial charge in [-0.3, -0.25) is 4.79 Å². The Kier molecular flexibility index (Phi) is 3.97. The number of hydrogen-bond acceptors (Lipinski definition) is 1. The summed E-state index contributed by atoms with van der Waals surface area (Å²) in [7, 11) is 1.72. The van der Waals surface area contributed by atoms with E-state index in [0.29, 0.717) is 12.3 Å². The maximum atomic E-state index is 11.3. The van der Waals surface area contributed by atoms with E-state index in [-0.39, 0.29) is 5.91 Å². The highest BCUT2D eigenvalue weighted by Crippen LogP contribution is 2.41. The number of carbonyl (C=O) groups excluding carboxylic acids is 1. The van der Waals surface area contributed by atoms with Crippen LogP contribution in [0.1, 0.15) is 40.0 Å². The molecule has 1 saturated carbocycles. The predicted molar refractivity (Wildman–Crippen MR) is 58.9 cm³/mol. The van der Waals surface area contributed by atoms with Gasteiger partial charge in [0.25, 0.3) is 0 Å². The first kappa shape index (κ1) is 11.5. The minimum atomic E-state index is 0.184. The molecule has 1 unspecified atom stereocenters. The van der Waals surface area contributed by atoms with Gasteiger partial charge in [0.1, 0.15) is 0 Å². The molecule has 0 aromatic rings. The van der Waals surface area contributed by atoms with Crippen LogP contribution in [0.25, 0.3) is 0 Å². The van der Waals surface area contributed by atoms with Crippen LogP contribution < -0.4 is 5.32 Å². The summed E-state index contributed by atoms with van der Waals surface area (Å²) < 4.78 is 0. The van der Waals surface area contributed by atoms with E-state index in [0.717, 1.165) is 17.8 Å². The van der Waals surface area contributed by atoms with Crippen molar-refractivity contribution in [1.82, 2.24) is 5.32 Å². The fourth-order valence-electron chi connectivity index (χ4n) is 2.75. The second-order valence-corrected chi connectivity index (χ2v) is 4.93. The number of hydrogen-bond donors (Lipinski definition) is 1. The molecule has 1 aliphatic rings. The SMILES string of the molecule is CNC(=O)CC(C)[C@H]1CC[C@@H](C)[C@H]1C. The van der Waals surface area contributed by atoms with Crippen molar-refractivity contribution in [3.05, 3.63) is 0 Å². The summed E-state index contributed by atoms with van der Waals surface area (Å²) in [6.45, 7) is 6.88. The lowest BCUT2D eigenvalue weighted by Crippen LogP contribution is -2.25. The van der Waals surface area contributed by atoms with Gasteiger partial charge in [-0.25, -0.2) is 0 Å². The van der Waals surface area contributed by atoms with Gasteiger partial charge in [-0.1, -0.05) is 27.2 Å². The van der Waals surface area contributed by atoms with Gasteiger partial charge in [-0.2, -0.15) is 0 Å². The standard InChI is InChI=1S/C12H23NO/c1-8-5-6-11(10(8)3)9(2)7-12(14)13-4/h8-11H,5-7H2,1-4H3,(H,13,14)/t8-,9?,10-,11-/m1/s1. The maximum absolute atomic E-state index is 11.3. The Morgan fingerprint density at radius 1 is 1.43 bits per heavy atom. The zero-order chi connectivity index (χ0) is 10.7. The van der Waals surface area contributed by atoms with Crippen LogP contribution in [0.2, 0.25) is 0 Å². The van der Waals surface area contributed by atoms with Crippen LogP contribution in [-0.2, 0) is 4.79 Å². The maximum Gasteiger partial charge on any atom is 0.220 e. The predicted octanol–water partition coefficient (Wildman–Crippen LogP) is 2.44. The first-order chi connectivity index (χ1) is 6.56. The highest BCUT2D eigenvalue weighted by molar-refractivity contribution is 5.75. The van der Waals surface area contributed by atoms with Gasteiger partial charge in [-0.05, 0) is 30.1 Å². The van der Waals surface area contributed by atoms with Crippen molar-refractivity contribution in [2.45, 2.75) is 40.0 Å². The molecule has 0 heterocycles. The monoisotopic (exact) mass is 197 g/mol. The van der Waals surface area contributed by atoms with Gasteiger partial charge in [0.15, 0.2) is 0 Å². The second kappa shape index (κ2) is 4.81. The molecule has 0 radical (unpaired) electrons. The largest absolute Gasteiger partial charge is 0.359 e. The smallest absolute Gasteiger partial charge is 0.220 e. The lowest BCUT2D eigenvalue weighted by atomic mass is 9.82. The second-order valence-electron chi connectivity index (χ2n) is 4.93. The van der Waals surface area contributed by atoms with Crippen LogP contribution in [0, 0.1) is 23.7 Å². The summed E-state index contributed by atoms with van der Waals surface area (Å²) in [6.07, 6.45) is 3.34. The normalized spacial score (nSPS) is 34.1. The van der Waals surface area contributed by atoms with Crippen LogP contribution in [0.5, 0.6) is 0 Å². The minimum absolute atomic E-state index is 0.184. The molecule has 0 aromatic carbocycles. The van der Waals surface area contributed by atoms with Crippen LogP contribution >= 0.6 is 0 Å². The molecule has 0 saturated heterocycles. The summed E-state index contributed by atoms with van der Waals surface area (Å²) >= 11 is 0. The van der Waals surface area contributed by atoms with Crippen LogP contribution in [-0.4, -0.2) is 13.0 Å². The number of amides is 1. The van der Waals surface area contributed by atoms with Gasteiger partial charge in [0.05, 0.1) is 0 Å². The highest BCUT2D eigenvalue weighted by atomic mass is 16.1. The van der Waals surface area contributed by atoms with Crippen molar-refractivity contribution < 1.29 is 4.79 Å². The molecule has 0 bridgehead atoms. The van der Waals surface area contributed by atoms with E-state index in [1.54, 1.807) is 7.05 Å². The third kappa shape index (κ3) is 2.49. The van der Waals surface area contributed by atoms with Crippen molar-refractivity contribution >= 4 is 5.91 Å². The molecule has 0 aliphatic heterocycles. The third-order valence-electron chi connectivity index (χ3n) is 4.05. The Morgan fingerprint density at radius 2 is 2.07 bits per heavy atom. The summed E-state index contributed by atoms with van der Waals surface area (Å²) in [5.41, 5.74) is 0. The van der Waals surface area contributed by atoms with Gasteiger partial charge >= 0.3 is 0 Å². The topological polar surface area (TPSA) is 29.1 Å². The van der Waals surface area contributed by atoms with E-state index >= 15 is 0 Å². The molecule has 14 heavy (non-hydrogen) atoms. The fraction of sp³-hybridized carbons (Fsp3) is 0.917. The molecular formula is C12H23NO. The van der Waals surface area contributed by atoms with E-state index in [1.165, 1.54) is 12.8 Å². The third-order valence-corrected chi connectivity index (χ3v) is 4.05. The van der Waals surface area contributed by atoms with E-state index in [4.69, 9.17) is 0 Å². The molecule has 1 aliphatic carbocycles. The van der Waals surface area contributed by atoms with E-state index in [1.807, 2.05) is 0 Å². The van der Waals surface area contributed by atoms with Crippen molar-refractivity contribution in [1.29, 1.82) is 0 Å². The zero-order valence-electron chi connectivity index (χ0n) is 9.84. The summed E-state index contributed by atoms with van der Waals surface area (Å²) in [4.78, 5) is 11.3. The van der Waals surface area contributed by atoms with E-state index < -0.39 is 0 Å². The number of rotatable bonds is 3. The van der Waals surface area contributed by atoms with E-state index in [2.05, 4.69) is 26.1 Å². The Morgan fingerprint density at radius 3 is 2.50 bits per heavy atom. The van der Waals surface area contributed by atoms with Gasteiger partial charge in [0, 0.05) is 13.5 Å². The molecule has 1 fully saturated rings. The average molecular weight is 197 g/mol. The molecule has 82 valence electrons. The van der Waals surface area contributed by atoms with Crippen LogP contribution in [0.15, 0.2) is 0 Å². The first-order valence-corrected chi connectivity index (χ1v) is 5.76. The lowest BCUT2D eigenvalue weighted by Gasteiger charge is -2.24. The van der Waals surface area contributed by atoms with Gasteiger partial charge in [-0.15, -0.1) is 0 Å². The Labute approximate surface area is 87.5 Å². The van der Waals surface area contributed by atoms with Gasteiger partial charge < -0.3 is 5.32 Å². The Hall–Kier alpha value is -0.530. The Balaban J connectivity index is 2.45. The summed E-state index contributed by atoms with van der Waals surface area (Å²) in [6, 6.07) is 0. The van der Waals surface area contributed by atoms with Crippen molar-refractivity contribution in [2.75, 3.05) is 7.05 Å². The van der Waals surface area contributed by atoms with Crippen molar-refractivity contribution in [3.8, 4) is 0 Å². The number of nitrogens with one attached hydrogen (secondary N) is 1. The average Bonchev–Trinajstić information content (AvgIpc) is 2.47. The minimum Gasteiger partial charge on any atom is -0.359 e. The molecule has 1 amide bonds. The highest BCUT2D eigenvalue weighted by Gasteiger charge is 2.33. The molecule has 4 atom stereocenters. The Bertz CT molecular complexity index is 202. The van der Waals surface area contributed by atoms with Crippen molar-refractivity contribution in [2.24, 2.45) is 23.7 Å². The molecule has 0 aromatic heterocycles. The van der Waals surface area contributed by atoms with E-state index in [9.17, 15) is 4.79 Å². The lowest BCUT2D eigenvalue weighted by molar-refractivity contribution is -0.121. The number of carbonyl (C=O) groups is 1. The molecule has 2 heteroatoms. The summed E-state index contributed by atoms with van der Waals surface area (Å²) in [5.74, 6) is 3.10. The van der Waals surface area contributed by atoms with Crippen molar-refractivity contribution in [3.63, 3.8) is 0 Å². The quantitative estimate of drug-likeness (QED) is 0.739. The fourth-order valence-corrected chi connectivity index (χ4v) is 2.75. The first-order valence-electron chi connectivity index (χ1n) is 5.76. The van der Waals surface area contributed by atoms with Gasteiger partial charge in [0.2, 0.25) is 5.91 Å². The van der Waals surface area contributed by atoms with Crippen LogP contribution in [0.3, 0.4) is 0 Å².